The number of aromatic nitrogens is 2. The molecule has 0 saturated heterocycles. The lowest BCUT2D eigenvalue weighted by molar-refractivity contribution is -0.0552. The van der Waals surface area contributed by atoms with Crippen molar-refractivity contribution < 1.29 is 0 Å². The summed E-state index contributed by atoms with van der Waals surface area (Å²) in [5, 5.41) is 3.37. The largest absolute Gasteiger partial charge is 0.396 e. The van der Waals surface area contributed by atoms with E-state index in [4.69, 9.17) is 5.73 Å². The summed E-state index contributed by atoms with van der Waals surface area (Å²) in [6, 6.07) is 0. The highest BCUT2D eigenvalue weighted by molar-refractivity contribution is 5.35. The average molecular weight is 272 g/mol. The summed E-state index contributed by atoms with van der Waals surface area (Å²) < 4.78 is 0. The van der Waals surface area contributed by atoms with E-state index in [0.29, 0.717) is 17.1 Å². The van der Waals surface area contributed by atoms with Crippen LogP contribution in [0.1, 0.15) is 44.9 Å². The molecule has 4 aliphatic rings. The minimum atomic E-state index is 0.622. The van der Waals surface area contributed by atoms with Gasteiger partial charge in [0.15, 0.2) is 0 Å². The Labute approximate surface area is 120 Å². The van der Waals surface area contributed by atoms with Crippen LogP contribution in [0.25, 0.3) is 0 Å². The first-order valence-electron chi connectivity index (χ1n) is 8.02. The van der Waals surface area contributed by atoms with Gasteiger partial charge in [-0.25, -0.2) is 9.97 Å². The Hall–Kier alpha value is -1.32. The molecule has 0 atom stereocenters. The molecule has 0 radical (unpaired) electrons. The molecule has 1 aromatic heterocycles. The number of nitrogens with two attached hydrogens (primary N) is 1. The first-order valence-corrected chi connectivity index (χ1v) is 8.02. The number of hydrogen-bond acceptors (Lipinski definition) is 4. The first-order chi connectivity index (χ1) is 9.71. The molecule has 4 saturated carbocycles. The standard InChI is InChI=1S/C16H24N4/c17-14-9-19-15(20-10-14)18-2-1-16-6-11-3-12(7-16)5-13(4-11)8-16/h9-13H,1-8,17H2,(H,18,19,20). The molecule has 108 valence electrons. The molecule has 0 amide bonds. The molecule has 4 nitrogen and oxygen atoms in total. The van der Waals surface area contributed by atoms with E-state index in [1.807, 2.05) is 0 Å². The van der Waals surface area contributed by atoms with Crippen LogP contribution in [0.3, 0.4) is 0 Å². The van der Waals surface area contributed by atoms with Crippen LogP contribution in [0.5, 0.6) is 0 Å². The normalized spacial score (nSPS) is 38.1. The third-order valence-electron chi connectivity index (χ3n) is 5.78. The van der Waals surface area contributed by atoms with E-state index in [2.05, 4.69) is 15.3 Å². The van der Waals surface area contributed by atoms with Gasteiger partial charge in [0, 0.05) is 6.54 Å². The zero-order valence-electron chi connectivity index (χ0n) is 12.0. The van der Waals surface area contributed by atoms with Gasteiger partial charge in [-0.15, -0.1) is 0 Å². The van der Waals surface area contributed by atoms with E-state index in [1.165, 1.54) is 44.9 Å². The fourth-order valence-electron chi connectivity index (χ4n) is 5.46. The fourth-order valence-corrected chi connectivity index (χ4v) is 5.46. The Balaban J connectivity index is 1.36. The second-order valence-electron chi connectivity index (χ2n) is 7.43. The van der Waals surface area contributed by atoms with Gasteiger partial charge in [0.2, 0.25) is 5.95 Å². The van der Waals surface area contributed by atoms with Crippen LogP contribution in [0.4, 0.5) is 11.6 Å². The lowest BCUT2D eigenvalue weighted by Gasteiger charge is -2.57. The maximum Gasteiger partial charge on any atom is 0.222 e. The maximum atomic E-state index is 5.61. The van der Waals surface area contributed by atoms with Crippen LogP contribution in [-0.2, 0) is 0 Å². The average Bonchev–Trinajstić information content (AvgIpc) is 2.39. The van der Waals surface area contributed by atoms with Crippen molar-refractivity contribution in [2.24, 2.45) is 23.2 Å². The van der Waals surface area contributed by atoms with Gasteiger partial charge in [-0.1, -0.05) is 0 Å². The van der Waals surface area contributed by atoms with Crippen molar-refractivity contribution in [2.75, 3.05) is 17.6 Å². The Kier molecular flexibility index (Phi) is 2.86. The molecule has 20 heavy (non-hydrogen) atoms. The van der Waals surface area contributed by atoms with Gasteiger partial charge in [0.05, 0.1) is 18.1 Å². The summed E-state index contributed by atoms with van der Waals surface area (Å²) in [6.07, 6.45) is 13.6. The smallest absolute Gasteiger partial charge is 0.222 e. The Morgan fingerprint density at radius 2 is 1.60 bits per heavy atom. The molecule has 0 aromatic carbocycles. The van der Waals surface area contributed by atoms with E-state index in [-0.39, 0.29) is 0 Å². The van der Waals surface area contributed by atoms with Crippen molar-refractivity contribution >= 4 is 11.6 Å². The molecule has 0 spiro atoms. The van der Waals surface area contributed by atoms with E-state index in [1.54, 1.807) is 12.4 Å². The maximum absolute atomic E-state index is 5.61. The fraction of sp³-hybridized carbons (Fsp3) is 0.750. The molecule has 5 rings (SSSR count). The highest BCUT2D eigenvalue weighted by Gasteiger charge is 2.50. The molecule has 4 fully saturated rings. The lowest BCUT2D eigenvalue weighted by Crippen LogP contribution is -2.46. The first kappa shape index (κ1) is 12.4. The molecule has 0 aliphatic heterocycles. The Morgan fingerprint density at radius 3 is 2.15 bits per heavy atom. The van der Waals surface area contributed by atoms with Crippen LogP contribution in [0, 0.1) is 23.2 Å². The highest BCUT2D eigenvalue weighted by Crippen LogP contribution is 2.61. The molecule has 1 aromatic rings. The quantitative estimate of drug-likeness (QED) is 0.884. The molecule has 1 heterocycles. The summed E-state index contributed by atoms with van der Waals surface area (Å²) in [4.78, 5) is 8.43. The summed E-state index contributed by atoms with van der Waals surface area (Å²) in [7, 11) is 0. The predicted molar refractivity (Wildman–Crippen MR) is 80.2 cm³/mol. The highest BCUT2D eigenvalue weighted by atomic mass is 15.1. The molecular weight excluding hydrogens is 248 g/mol. The third-order valence-corrected chi connectivity index (χ3v) is 5.78. The van der Waals surface area contributed by atoms with Crippen LogP contribution in [-0.4, -0.2) is 16.5 Å². The lowest BCUT2D eigenvalue weighted by atomic mass is 9.49. The number of nitrogen functional groups attached to an aromatic ring is 1. The van der Waals surface area contributed by atoms with Crippen LogP contribution < -0.4 is 11.1 Å². The van der Waals surface area contributed by atoms with Gasteiger partial charge in [-0.3, -0.25) is 0 Å². The Bertz CT molecular complexity index is 446. The zero-order chi connectivity index (χ0) is 13.6. The third kappa shape index (κ3) is 2.25. The minimum Gasteiger partial charge on any atom is -0.396 e. The summed E-state index contributed by atoms with van der Waals surface area (Å²) in [5.74, 6) is 3.82. The van der Waals surface area contributed by atoms with Gasteiger partial charge >= 0.3 is 0 Å². The molecule has 3 N–H and O–H groups in total. The van der Waals surface area contributed by atoms with Crippen molar-refractivity contribution in [1.82, 2.24) is 9.97 Å². The second kappa shape index (κ2) is 4.61. The number of anilines is 2. The van der Waals surface area contributed by atoms with Crippen molar-refractivity contribution in [3.63, 3.8) is 0 Å². The zero-order valence-corrected chi connectivity index (χ0v) is 12.0. The Morgan fingerprint density at radius 1 is 1.05 bits per heavy atom. The van der Waals surface area contributed by atoms with E-state index in [9.17, 15) is 0 Å². The summed E-state index contributed by atoms with van der Waals surface area (Å²) >= 11 is 0. The van der Waals surface area contributed by atoms with Crippen LogP contribution in [0.15, 0.2) is 12.4 Å². The number of hydrogen-bond donors (Lipinski definition) is 2. The molecular formula is C16H24N4. The summed E-state index contributed by atoms with van der Waals surface area (Å²) in [6.45, 7) is 0.996. The van der Waals surface area contributed by atoms with Gasteiger partial charge in [-0.05, 0) is 68.1 Å². The number of nitrogens with one attached hydrogen (secondary N) is 1. The predicted octanol–water partition coefficient (Wildman–Crippen LogP) is 3.08. The monoisotopic (exact) mass is 272 g/mol. The SMILES string of the molecule is Nc1cnc(NCCC23CC4CC(CC(C4)C2)C3)nc1. The summed E-state index contributed by atoms with van der Waals surface area (Å²) in [5.41, 5.74) is 6.86. The molecule has 4 aliphatic carbocycles. The van der Waals surface area contributed by atoms with Crippen molar-refractivity contribution in [3.8, 4) is 0 Å². The molecule has 4 heteroatoms. The van der Waals surface area contributed by atoms with Gasteiger partial charge in [-0.2, -0.15) is 0 Å². The topological polar surface area (TPSA) is 63.8 Å². The number of rotatable bonds is 4. The van der Waals surface area contributed by atoms with Gasteiger partial charge in [0.1, 0.15) is 0 Å². The van der Waals surface area contributed by atoms with Crippen molar-refractivity contribution in [3.05, 3.63) is 12.4 Å². The van der Waals surface area contributed by atoms with Crippen LogP contribution >= 0.6 is 0 Å². The second-order valence-corrected chi connectivity index (χ2v) is 7.43. The minimum absolute atomic E-state index is 0.622. The number of nitrogens with zero attached hydrogens (tertiary/aromatic N) is 2. The van der Waals surface area contributed by atoms with Gasteiger partial charge in [0.25, 0.3) is 0 Å². The van der Waals surface area contributed by atoms with E-state index in [0.717, 1.165) is 24.3 Å². The van der Waals surface area contributed by atoms with E-state index >= 15 is 0 Å². The molecule has 0 unspecified atom stereocenters. The van der Waals surface area contributed by atoms with Crippen LogP contribution in [0.2, 0.25) is 0 Å². The van der Waals surface area contributed by atoms with Crippen molar-refractivity contribution in [2.45, 2.75) is 44.9 Å². The molecule has 4 bridgehead atoms. The van der Waals surface area contributed by atoms with E-state index < -0.39 is 0 Å². The van der Waals surface area contributed by atoms with Crippen molar-refractivity contribution in [1.29, 1.82) is 0 Å². The van der Waals surface area contributed by atoms with Gasteiger partial charge < -0.3 is 11.1 Å².